The minimum Gasteiger partial charge on any atom is -0.478 e. The molecule has 0 saturated carbocycles. The van der Waals surface area contributed by atoms with Gasteiger partial charge in [0.1, 0.15) is 0 Å². The van der Waals surface area contributed by atoms with Crippen LogP contribution in [0.2, 0.25) is 0 Å². The van der Waals surface area contributed by atoms with Gasteiger partial charge in [0.05, 0.1) is 7.11 Å². The third kappa shape index (κ3) is 9.97. The second kappa shape index (κ2) is 12.8. The van der Waals surface area contributed by atoms with Gasteiger partial charge in [-0.25, -0.2) is 9.59 Å². The van der Waals surface area contributed by atoms with Crippen molar-refractivity contribution in [2.45, 2.75) is 33.1 Å². The van der Waals surface area contributed by atoms with Crippen molar-refractivity contribution in [3.63, 3.8) is 0 Å². The molecule has 0 spiro atoms. The highest BCUT2D eigenvalue weighted by Gasteiger charge is 2.14. The molecule has 1 rings (SSSR count). The molecule has 1 aromatic rings. The molecule has 1 unspecified atom stereocenters. The predicted molar refractivity (Wildman–Crippen MR) is 102 cm³/mol. The molecule has 0 heterocycles. The number of rotatable bonds is 8. The highest BCUT2D eigenvalue weighted by molar-refractivity contribution is 5.87. The zero-order valence-electron chi connectivity index (χ0n) is 15.3. The molecule has 1 aromatic carbocycles. The van der Waals surface area contributed by atoms with E-state index in [0.717, 1.165) is 24.8 Å². The van der Waals surface area contributed by atoms with Crippen LogP contribution in [-0.4, -0.2) is 24.2 Å². The van der Waals surface area contributed by atoms with Crippen LogP contribution in [0.1, 0.15) is 38.7 Å². The maximum absolute atomic E-state index is 11.0. The number of hydrogen-bond donors (Lipinski definition) is 1. The molecule has 0 saturated heterocycles. The summed E-state index contributed by atoms with van der Waals surface area (Å²) in [6.45, 7) is 10.7. The molecule has 0 bridgehead atoms. The normalized spacial score (nSPS) is 11.2. The van der Waals surface area contributed by atoms with E-state index in [4.69, 9.17) is 5.11 Å². The number of benzene rings is 1. The molecule has 1 N–H and O–H groups in total. The summed E-state index contributed by atoms with van der Waals surface area (Å²) >= 11 is 0. The molecule has 1 atom stereocenters. The molecule has 0 radical (unpaired) electrons. The lowest BCUT2D eigenvalue weighted by atomic mass is 9.93. The van der Waals surface area contributed by atoms with Crippen molar-refractivity contribution >= 4 is 18.0 Å². The van der Waals surface area contributed by atoms with Gasteiger partial charge in [-0.15, -0.1) is 0 Å². The smallest absolute Gasteiger partial charge is 0.332 e. The second-order valence-electron chi connectivity index (χ2n) is 5.62. The molecule has 0 amide bonds. The van der Waals surface area contributed by atoms with Gasteiger partial charge in [0.2, 0.25) is 0 Å². The average molecular weight is 344 g/mol. The number of esters is 1. The van der Waals surface area contributed by atoms with Gasteiger partial charge in [-0.3, -0.25) is 0 Å². The third-order valence-electron chi connectivity index (χ3n) is 3.45. The standard InChI is InChI=1S/C16H20O2.C5H8O2/c1-3-4-10-15(13(2)16(17)18)12-11-14-8-6-5-7-9-14;1-4(2)5(6)7-3/h5-9,11-12,15H,2-4,10H2,1H3,(H,17,18);1H2,2-3H3. The molecule has 0 aliphatic carbocycles. The maximum Gasteiger partial charge on any atom is 0.332 e. The molecule has 0 aromatic heterocycles. The van der Waals surface area contributed by atoms with Gasteiger partial charge < -0.3 is 9.84 Å². The van der Waals surface area contributed by atoms with Gasteiger partial charge in [0.25, 0.3) is 0 Å². The fourth-order valence-electron chi connectivity index (χ4n) is 1.93. The molecule has 0 aliphatic heterocycles. The van der Waals surface area contributed by atoms with Crippen LogP contribution in [0.3, 0.4) is 0 Å². The van der Waals surface area contributed by atoms with Gasteiger partial charge in [-0.05, 0) is 18.9 Å². The molecule has 0 fully saturated rings. The van der Waals surface area contributed by atoms with Gasteiger partial charge in [0.15, 0.2) is 0 Å². The Morgan fingerprint density at radius 1 is 1.24 bits per heavy atom. The summed E-state index contributed by atoms with van der Waals surface area (Å²) < 4.78 is 4.27. The first kappa shape index (κ1) is 22.4. The fraction of sp³-hybridized carbons (Fsp3) is 0.333. The number of methoxy groups -OCH3 is 1. The number of allylic oxidation sites excluding steroid dienone is 1. The molecular formula is C21H28O4. The molecular weight excluding hydrogens is 316 g/mol. The quantitative estimate of drug-likeness (QED) is 0.539. The number of carbonyl (C=O) groups is 2. The van der Waals surface area contributed by atoms with Gasteiger partial charge in [0, 0.05) is 17.1 Å². The SMILES string of the molecule is C=C(C(=O)O)C(C=Cc1ccccc1)CCCC.C=C(C)C(=O)OC. The van der Waals surface area contributed by atoms with Crippen LogP contribution in [-0.2, 0) is 14.3 Å². The number of carbonyl (C=O) groups excluding carboxylic acids is 1. The van der Waals surface area contributed by atoms with E-state index >= 15 is 0 Å². The van der Waals surface area contributed by atoms with E-state index in [1.807, 2.05) is 42.5 Å². The lowest BCUT2D eigenvalue weighted by molar-refractivity contribution is -0.136. The number of hydrogen-bond acceptors (Lipinski definition) is 3. The Hall–Kier alpha value is -2.62. The van der Waals surface area contributed by atoms with Crippen molar-refractivity contribution in [2.75, 3.05) is 7.11 Å². The number of ether oxygens (including phenoxy) is 1. The van der Waals surface area contributed by atoms with Crippen molar-refractivity contribution in [1.82, 2.24) is 0 Å². The molecule has 4 heteroatoms. The Morgan fingerprint density at radius 2 is 1.84 bits per heavy atom. The first-order chi connectivity index (χ1) is 11.8. The monoisotopic (exact) mass is 344 g/mol. The highest BCUT2D eigenvalue weighted by atomic mass is 16.5. The second-order valence-corrected chi connectivity index (χ2v) is 5.62. The Morgan fingerprint density at radius 3 is 2.24 bits per heavy atom. The van der Waals surface area contributed by atoms with Crippen molar-refractivity contribution in [1.29, 1.82) is 0 Å². The van der Waals surface area contributed by atoms with Crippen LogP contribution in [0.4, 0.5) is 0 Å². The molecule has 4 nitrogen and oxygen atoms in total. The summed E-state index contributed by atoms with van der Waals surface area (Å²) in [5, 5.41) is 9.02. The summed E-state index contributed by atoms with van der Waals surface area (Å²) in [4.78, 5) is 21.2. The first-order valence-electron chi connectivity index (χ1n) is 8.22. The fourth-order valence-corrected chi connectivity index (χ4v) is 1.93. The van der Waals surface area contributed by atoms with Crippen molar-refractivity contribution < 1.29 is 19.4 Å². The topological polar surface area (TPSA) is 63.6 Å². The van der Waals surface area contributed by atoms with Crippen molar-refractivity contribution in [2.24, 2.45) is 5.92 Å². The largest absolute Gasteiger partial charge is 0.478 e. The number of aliphatic carboxylic acids is 1. The van der Waals surface area contributed by atoms with Crippen LogP contribution >= 0.6 is 0 Å². The molecule has 0 aliphatic rings. The summed E-state index contributed by atoms with van der Waals surface area (Å²) in [6.07, 6.45) is 6.82. The lowest BCUT2D eigenvalue weighted by Crippen LogP contribution is -2.09. The minimum atomic E-state index is -0.909. The van der Waals surface area contributed by atoms with E-state index in [1.165, 1.54) is 7.11 Å². The van der Waals surface area contributed by atoms with Gasteiger partial charge in [-0.2, -0.15) is 0 Å². The van der Waals surface area contributed by atoms with Gasteiger partial charge >= 0.3 is 11.9 Å². The Kier molecular flexibility index (Phi) is 11.4. The van der Waals surface area contributed by atoms with Crippen LogP contribution in [0.5, 0.6) is 0 Å². The Balaban J connectivity index is 0.000000697. The Labute approximate surface area is 150 Å². The minimum absolute atomic E-state index is 0.0809. The zero-order chi connectivity index (χ0) is 19.2. The summed E-state index contributed by atoms with van der Waals surface area (Å²) in [5.41, 5.74) is 1.79. The van der Waals surface area contributed by atoms with E-state index < -0.39 is 5.97 Å². The van der Waals surface area contributed by atoms with Crippen molar-refractivity contribution in [3.8, 4) is 0 Å². The summed E-state index contributed by atoms with van der Waals surface area (Å²) in [5.74, 6) is -1.34. The number of carboxylic acid groups (broad SMARTS) is 1. The van der Waals surface area contributed by atoms with E-state index in [2.05, 4.69) is 24.8 Å². The summed E-state index contributed by atoms with van der Waals surface area (Å²) in [6, 6.07) is 9.88. The third-order valence-corrected chi connectivity index (χ3v) is 3.45. The first-order valence-corrected chi connectivity index (χ1v) is 8.22. The summed E-state index contributed by atoms with van der Waals surface area (Å²) in [7, 11) is 1.33. The predicted octanol–water partition coefficient (Wildman–Crippen LogP) is 4.88. The van der Waals surface area contributed by atoms with Crippen molar-refractivity contribution in [3.05, 3.63) is 66.3 Å². The van der Waals surface area contributed by atoms with Crippen LogP contribution in [0.15, 0.2) is 60.7 Å². The van der Waals surface area contributed by atoms with Crippen LogP contribution in [0, 0.1) is 5.92 Å². The Bertz CT molecular complexity index is 600. The van der Waals surface area contributed by atoms with E-state index in [1.54, 1.807) is 6.92 Å². The molecule has 136 valence electrons. The van der Waals surface area contributed by atoms with E-state index in [-0.39, 0.29) is 17.5 Å². The van der Waals surface area contributed by atoms with E-state index in [9.17, 15) is 9.59 Å². The number of carboxylic acids is 1. The molecule has 25 heavy (non-hydrogen) atoms. The van der Waals surface area contributed by atoms with Crippen LogP contribution in [0.25, 0.3) is 6.08 Å². The van der Waals surface area contributed by atoms with Crippen LogP contribution < -0.4 is 0 Å². The van der Waals surface area contributed by atoms with Gasteiger partial charge in [-0.1, -0.05) is 75.4 Å². The average Bonchev–Trinajstić information content (AvgIpc) is 2.61. The zero-order valence-corrected chi connectivity index (χ0v) is 15.3. The highest BCUT2D eigenvalue weighted by Crippen LogP contribution is 2.20. The maximum atomic E-state index is 11.0. The number of unbranched alkanes of at least 4 members (excludes halogenated alkanes) is 1. The van der Waals surface area contributed by atoms with E-state index in [0.29, 0.717) is 5.57 Å². The lowest BCUT2D eigenvalue weighted by Gasteiger charge is -2.12.